The van der Waals surface area contributed by atoms with Gasteiger partial charge in [0, 0.05) is 6.04 Å². The third-order valence-corrected chi connectivity index (χ3v) is 2.36. The molecule has 5 heteroatoms. The Balaban J connectivity index is 4.11. The monoisotopic (exact) mass is 216 g/mol. The van der Waals surface area contributed by atoms with Crippen LogP contribution >= 0.6 is 0 Å². The summed E-state index contributed by atoms with van der Waals surface area (Å²) >= 11 is 0. The fourth-order valence-corrected chi connectivity index (χ4v) is 0.713. The summed E-state index contributed by atoms with van der Waals surface area (Å²) < 4.78 is 0. The third kappa shape index (κ3) is 5.24. The van der Waals surface area contributed by atoms with E-state index in [0.717, 1.165) is 0 Å². The van der Waals surface area contributed by atoms with Crippen LogP contribution in [0.4, 0.5) is 4.79 Å². The summed E-state index contributed by atoms with van der Waals surface area (Å²) in [6.45, 7) is 9.30. The molecule has 0 saturated heterocycles. The summed E-state index contributed by atoms with van der Waals surface area (Å²) in [4.78, 5) is 21.8. The van der Waals surface area contributed by atoms with Crippen molar-refractivity contribution >= 4 is 12.0 Å². The Hall–Kier alpha value is -1.26. The summed E-state index contributed by atoms with van der Waals surface area (Å²) in [5.41, 5.74) is -0.0518. The van der Waals surface area contributed by atoms with Gasteiger partial charge >= 0.3 is 12.0 Å². The molecule has 0 aromatic rings. The first-order chi connectivity index (χ1) is 6.64. The molecule has 0 aromatic carbocycles. The molecule has 3 N–H and O–H groups in total. The standard InChI is InChI=1S/C10H20N2O3/c1-6(8(13)14)11-9(15)12-7(2)10(3,4)5/h6-7H,1-5H3,(H,13,14)(H2,11,12,15). The Bertz CT molecular complexity index is 246. The zero-order valence-corrected chi connectivity index (χ0v) is 9.92. The maximum atomic E-state index is 11.3. The lowest BCUT2D eigenvalue weighted by atomic mass is 9.88. The van der Waals surface area contributed by atoms with Gasteiger partial charge in [0.05, 0.1) is 0 Å². The second kappa shape index (κ2) is 5.00. The number of aliphatic carboxylic acids is 1. The molecule has 0 aromatic heterocycles. The topological polar surface area (TPSA) is 78.4 Å². The lowest BCUT2D eigenvalue weighted by Crippen LogP contribution is -2.50. The van der Waals surface area contributed by atoms with E-state index in [1.807, 2.05) is 27.7 Å². The number of carbonyl (C=O) groups excluding carboxylic acids is 1. The lowest BCUT2D eigenvalue weighted by Gasteiger charge is -2.28. The Morgan fingerprint density at radius 2 is 1.60 bits per heavy atom. The van der Waals surface area contributed by atoms with E-state index < -0.39 is 18.0 Å². The van der Waals surface area contributed by atoms with Crippen molar-refractivity contribution in [1.82, 2.24) is 10.6 Å². The Morgan fingerprint density at radius 1 is 1.13 bits per heavy atom. The van der Waals surface area contributed by atoms with Crippen LogP contribution in [0.25, 0.3) is 0 Å². The molecule has 5 nitrogen and oxygen atoms in total. The van der Waals surface area contributed by atoms with E-state index in [1.165, 1.54) is 6.92 Å². The predicted octanol–water partition coefficient (Wildman–Crippen LogP) is 1.19. The SMILES string of the molecule is CC(NC(=O)NC(C)C(C)(C)C)C(=O)O. The Morgan fingerprint density at radius 3 is 1.93 bits per heavy atom. The molecule has 0 aliphatic carbocycles. The van der Waals surface area contributed by atoms with Gasteiger partial charge in [0.1, 0.15) is 6.04 Å². The molecule has 0 spiro atoms. The first kappa shape index (κ1) is 13.7. The van der Waals surface area contributed by atoms with Gasteiger partial charge in [-0.05, 0) is 19.3 Å². The van der Waals surface area contributed by atoms with Crippen LogP contribution in [0.15, 0.2) is 0 Å². The minimum atomic E-state index is -1.05. The minimum Gasteiger partial charge on any atom is -0.480 e. The fraction of sp³-hybridized carbons (Fsp3) is 0.800. The number of amides is 2. The van der Waals surface area contributed by atoms with Crippen LogP contribution in [-0.4, -0.2) is 29.2 Å². The van der Waals surface area contributed by atoms with Crippen LogP contribution in [0, 0.1) is 5.41 Å². The van der Waals surface area contributed by atoms with Crippen LogP contribution in [0.2, 0.25) is 0 Å². The third-order valence-electron chi connectivity index (χ3n) is 2.36. The molecule has 0 bridgehead atoms. The van der Waals surface area contributed by atoms with E-state index in [0.29, 0.717) is 0 Å². The van der Waals surface area contributed by atoms with Crippen LogP contribution in [0.3, 0.4) is 0 Å². The molecule has 0 aliphatic heterocycles. The number of carbonyl (C=O) groups is 2. The number of carboxylic acid groups (broad SMARTS) is 1. The molecule has 0 heterocycles. The van der Waals surface area contributed by atoms with Gasteiger partial charge in [-0.25, -0.2) is 4.79 Å². The number of hydrogen-bond donors (Lipinski definition) is 3. The highest BCUT2D eigenvalue weighted by Gasteiger charge is 2.22. The second-order valence-electron chi connectivity index (χ2n) is 4.77. The van der Waals surface area contributed by atoms with E-state index >= 15 is 0 Å². The molecule has 2 atom stereocenters. The van der Waals surface area contributed by atoms with Gasteiger partial charge in [-0.2, -0.15) is 0 Å². The van der Waals surface area contributed by atoms with Gasteiger partial charge in [0.15, 0.2) is 0 Å². The van der Waals surface area contributed by atoms with Crippen LogP contribution in [0.5, 0.6) is 0 Å². The van der Waals surface area contributed by atoms with Crippen molar-refractivity contribution in [1.29, 1.82) is 0 Å². The first-order valence-corrected chi connectivity index (χ1v) is 4.94. The number of hydrogen-bond acceptors (Lipinski definition) is 2. The Labute approximate surface area is 90.2 Å². The van der Waals surface area contributed by atoms with E-state index in [9.17, 15) is 9.59 Å². The maximum absolute atomic E-state index is 11.3. The molecule has 0 rings (SSSR count). The van der Waals surface area contributed by atoms with E-state index in [4.69, 9.17) is 5.11 Å². The summed E-state index contributed by atoms with van der Waals surface area (Å²) in [5.74, 6) is -1.05. The highest BCUT2D eigenvalue weighted by molar-refractivity contribution is 5.82. The zero-order valence-electron chi connectivity index (χ0n) is 9.92. The highest BCUT2D eigenvalue weighted by Crippen LogP contribution is 2.18. The van der Waals surface area contributed by atoms with Crippen molar-refractivity contribution in [2.24, 2.45) is 5.41 Å². The van der Waals surface area contributed by atoms with Crippen molar-refractivity contribution in [3.63, 3.8) is 0 Å². The summed E-state index contributed by atoms with van der Waals surface area (Å²) in [5, 5.41) is 13.6. The molecule has 2 amide bonds. The summed E-state index contributed by atoms with van der Waals surface area (Å²) in [6, 6.07) is -1.36. The van der Waals surface area contributed by atoms with Crippen molar-refractivity contribution in [3.8, 4) is 0 Å². The number of nitrogens with one attached hydrogen (secondary N) is 2. The smallest absolute Gasteiger partial charge is 0.325 e. The second-order valence-corrected chi connectivity index (χ2v) is 4.77. The number of carboxylic acids is 1. The largest absolute Gasteiger partial charge is 0.480 e. The van der Waals surface area contributed by atoms with Gasteiger partial charge in [0.2, 0.25) is 0 Å². The molecular formula is C10H20N2O3. The van der Waals surface area contributed by atoms with Crippen LogP contribution in [-0.2, 0) is 4.79 Å². The molecule has 0 aliphatic rings. The lowest BCUT2D eigenvalue weighted by molar-refractivity contribution is -0.138. The van der Waals surface area contributed by atoms with Gasteiger partial charge in [-0.15, -0.1) is 0 Å². The van der Waals surface area contributed by atoms with Gasteiger partial charge < -0.3 is 15.7 Å². The average Bonchev–Trinajstić information content (AvgIpc) is 2.01. The van der Waals surface area contributed by atoms with E-state index in [2.05, 4.69) is 10.6 Å². The van der Waals surface area contributed by atoms with E-state index in [1.54, 1.807) is 0 Å². The van der Waals surface area contributed by atoms with Crippen LogP contribution < -0.4 is 10.6 Å². The molecule has 0 radical (unpaired) electrons. The number of rotatable bonds is 3. The van der Waals surface area contributed by atoms with Crippen molar-refractivity contribution < 1.29 is 14.7 Å². The van der Waals surface area contributed by atoms with Gasteiger partial charge in [-0.1, -0.05) is 20.8 Å². The molecule has 0 saturated carbocycles. The van der Waals surface area contributed by atoms with Crippen molar-refractivity contribution in [3.05, 3.63) is 0 Å². The molecule has 2 unspecified atom stereocenters. The number of urea groups is 1. The average molecular weight is 216 g/mol. The molecular weight excluding hydrogens is 196 g/mol. The van der Waals surface area contributed by atoms with Gasteiger partial charge in [-0.3, -0.25) is 4.79 Å². The fourth-order valence-electron chi connectivity index (χ4n) is 0.713. The highest BCUT2D eigenvalue weighted by atomic mass is 16.4. The maximum Gasteiger partial charge on any atom is 0.325 e. The summed E-state index contributed by atoms with van der Waals surface area (Å²) in [7, 11) is 0. The van der Waals surface area contributed by atoms with E-state index in [-0.39, 0.29) is 11.5 Å². The first-order valence-electron chi connectivity index (χ1n) is 4.94. The Kier molecular flexibility index (Phi) is 4.58. The summed E-state index contributed by atoms with van der Waals surface area (Å²) in [6.07, 6.45) is 0. The van der Waals surface area contributed by atoms with Crippen LogP contribution in [0.1, 0.15) is 34.6 Å². The molecule has 88 valence electrons. The quantitative estimate of drug-likeness (QED) is 0.663. The molecule has 15 heavy (non-hydrogen) atoms. The predicted molar refractivity (Wildman–Crippen MR) is 57.7 cm³/mol. The minimum absolute atomic E-state index is 0.0292. The van der Waals surface area contributed by atoms with Crippen molar-refractivity contribution in [2.45, 2.75) is 46.7 Å². The zero-order chi connectivity index (χ0) is 12.2. The van der Waals surface area contributed by atoms with Crippen molar-refractivity contribution in [2.75, 3.05) is 0 Å². The van der Waals surface area contributed by atoms with Gasteiger partial charge in [0.25, 0.3) is 0 Å². The normalized spacial score (nSPS) is 15.3. The molecule has 0 fully saturated rings.